The average molecular weight is 588 g/mol. The van der Waals surface area contributed by atoms with Crippen LogP contribution in [-0.2, 0) is 17.9 Å². The highest BCUT2D eigenvalue weighted by atomic mass is 35.5. The summed E-state index contributed by atoms with van der Waals surface area (Å²) < 4.78 is 13.9. The molecule has 8 heteroatoms. The molecule has 1 aromatic heterocycles. The molecule has 3 aromatic carbocycles. The molecular formula is C34H38ClN3O4. The van der Waals surface area contributed by atoms with E-state index in [0.29, 0.717) is 27.8 Å². The molecule has 7 nitrogen and oxygen atoms in total. The Morgan fingerprint density at radius 2 is 1.76 bits per heavy atom. The summed E-state index contributed by atoms with van der Waals surface area (Å²) in [4.78, 5) is 32.5. The van der Waals surface area contributed by atoms with Crippen molar-refractivity contribution in [2.75, 3.05) is 13.1 Å². The molecule has 42 heavy (non-hydrogen) atoms. The van der Waals surface area contributed by atoms with Crippen molar-refractivity contribution in [3.8, 4) is 5.75 Å². The minimum absolute atomic E-state index is 0.0298. The molecule has 2 heterocycles. The van der Waals surface area contributed by atoms with Crippen molar-refractivity contribution in [1.29, 1.82) is 0 Å². The van der Waals surface area contributed by atoms with Gasteiger partial charge in [-0.05, 0) is 94.8 Å². The minimum Gasteiger partial charge on any atom is -0.486 e. The van der Waals surface area contributed by atoms with Crippen LogP contribution >= 0.6 is 11.6 Å². The standard InChI is InChI=1S/C34H38ClN3O4/c1-34(2,3)42-33(40)37-19-7-9-24(22-37)10-8-20-38-30-18-13-26(32(39)25-11-5-4-6-12-25)21-29(30)36-31(38)23-41-28-16-14-27(35)15-17-28/h4-6,11-18,21,24H,7-10,19-20,22-23H2,1-3H3. The largest absolute Gasteiger partial charge is 0.486 e. The summed E-state index contributed by atoms with van der Waals surface area (Å²) in [7, 11) is 0. The Bertz CT molecular complexity index is 1530. The zero-order valence-electron chi connectivity index (χ0n) is 24.5. The third kappa shape index (κ3) is 7.51. The first-order valence-corrected chi connectivity index (χ1v) is 15.0. The van der Waals surface area contributed by atoms with E-state index in [9.17, 15) is 9.59 Å². The van der Waals surface area contributed by atoms with Crippen LogP contribution in [0.3, 0.4) is 0 Å². The summed E-state index contributed by atoms with van der Waals surface area (Å²) in [5, 5.41) is 0.651. The van der Waals surface area contributed by atoms with Gasteiger partial charge in [0.05, 0.1) is 11.0 Å². The normalized spacial score (nSPS) is 15.5. The van der Waals surface area contributed by atoms with Gasteiger partial charge in [0.1, 0.15) is 23.8 Å². The number of ether oxygens (including phenoxy) is 2. The number of rotatable bonds is 9. The van der Waals surface area contributed by atoms with E-state index in [4.69, 9.17) is 26.1 Å². The number of aromatic nitrogens is 2. The number of ketones is 1. The maximum Gasteiger partial charge on any atom is 0.410 e. The second kappa shape index (κ2) is 13.0. The molecule has 0 saturated carbocycles. The fourth-order valence-electron chi connectivity index (χ4n) is 5.45. The van der Waals surface area contributed by atoms with E-state index in [0.717, 1.165) is 62.2 Å². The van der Waals surface area contributed by atoms with Crippen LogP contribution in [0.2, 0.25) is 5.02 Å². The number of aryl methyl sites for hydroxylation is 1. The number of piperidine rings is 1. The van der Waals surface area contributed by atoms with Gasteiger partial charge < -0.3 is 18.9 Å². The van der Waals surface area contributed by atoms with E-state index in [1.165, 1.54) is 0 Å². The number of nitrogens with zero attached hydrogens (tertiary/aromatic N) is 3. The van der Waals surface area contributed by atoms with Crippen LogP contribution in [0.15, 0.2) is 72.8 Å². The molecule has 0 N–H and O–H groups in total. The maximum atomic E-state index is 13.1. The third-order valence-corrected chi connectivity index (χ3v) is 7.72. The molecule has 0 spiro atoms. The first kappa shape index (κ1) is 29.6. The maximum absolute atomic E-state index is 13.1. The van der Waals surface area contributed by atoms with Crippen LogP contribution in [-0.4, -0.2) is 45.0 Å². The second-order valence-electron chi connectivity index (χ2n) is 11.9. The number of imidazole rings is 1. The molecule has 0 aliphatic carbocycles. The molecule has 0 radical (unpaired) electrons. The number of likely N-dealkylation sites (tertiary alicyclic amines) is 1. The SMILES string of the molecule is CC(C)(C)OC(=O)N1CCCC(CCCn2c(COc3ccc(Cl)cc3)nc3cc(C(=O)c4ccccc4)ccc32)C1. The lowest BCUT2D eigenvalue weighted by Crippen LogP contribution is -2.42. The number of carbonyl (C=O) groups excluding carboxylic acids is 2. The van der Waals surface area contributed by atoms with Gasteiger partial charge in [-0.25, -0.2) is 9.78 Å². The number of amides is 1. The number of benzene rings is 3. The van der Waals surface area contributed by atoms with E-state index in [-0.39, 0.29) is 18.5 Å². The number of hydrogen-bond donors (Lipinski definition) is 0. The van der Waals surface area contributed by atoms with Crippen LogP contribution in [0.5, 0.6) is 5.75 Å². The van der Waals surface area contributed by atoms with E-state index in [2.05, 4.69) is 4.57 Å². The molecule has 0 bridgehead atoms. The lowest BCUT2D eigenvalue weighted by Gasteiger charge is -2.34. The van der Waals surface area contributed by atoms with E-state index < -0.39 is 5.60 Å². The van der Waals surface area contributed by atoms with Crippen LogP contribution in [0.4, 0.5) is 4.79 Å². The summed E-state index contributed by atoms with van der Waals surface area (Å²) in [6.07, 6.45) is 3.77. The Labute approximate surface area is 252 Å². The lowest BCUT2D eigenvalue weighted by atomic mass is 9.93. The summed E-state index contributed by atoms with van der Waals surface area (Å²) in [6, 6.07) is 22.3. The summed E-state index contributed by atoms with van der Waals surface area (Å²) in [6.45, 7) is 8.20. The highest BCUT2D eigenvalue weighted by molar-refractivity contribution is 6.30. The summed E-state index contributed by atoms with van der Waals surface area (Å²) in [5.41, 5.74) is 2.49. The predicted octanol–water partition coefficient (Wildman–Crippen LogP) is 7.93. The average Bonchev–Trinajstić information content (AvgIpc) is 3.32. The molecule has 1 aliphatic rings. The van der Waals surface area contributed by atoms with Gasteiger partial charge in [0.25, 0.3) is 0 Å². The van der Waals surface area contributed by atoms with Gasteiger partial charge in [-0.2, -0.15) is 0 Å². The fourth-order valence-corrected chi connectivity index (χ4v) is 5.57. The first-order chi connectivity index (χ1) is 20.2. The summed E-state index contributed by atoms with van der Waals surface area (Å²) >= 11 is 6.04. The van der Waals surface area contributed by atoms with Crippen molar-refractivity contribution in [2.45, 2.75) is 65.2 Å². The van der Waals surface area contributed by atoms with Crippen LogP contribution in [0.25, 0.3) is 11.0 Å². The van der Waals surface area contributed by atoms with Gasteiger partial charge in [-0.1, -0.05) is 41.9 Å². The zero-order valence-corrected chi connectivity index (χ0v) is 25.3. The van der Waals surface area contributed by atoms with Crippen molar-refractivity contribution in [3.63, 3.8) is 0 Å². The number of halogens is 1. The van der Waals surface area contributed by atoms with Crippen molar-refractivity contribution in [1.82, 2.24) is 14.5 Å². The molecule has 220 valence electrons. The summed E-state index contributed by atoms with van der Waals surface area (Å²) in [5.74, 6) is 1.90. The molecule has 1 amide bonds. The topological polar surface area (TPSA) is 73.7 Å². The number of carbonyl (C=O) groups is 2. The second-order valence-corrected chi connectivity index (χ2v) is 12.3. The number of fused-ring (bicyclic) bond motifs is 1. The molecule has 5 rings (SSSR count). The van der Waals surface area contributed by atoms with Crippen molar-refractivity contribution in [3.05, 3.63) is 94.8 Å². The third-order valence-electron chi connectivity index (χ3n) is 7.47. The minimum atomic E-state index is -0.497. The molecule has 1 fully saturated rings. The van der Waals surface area contributed by atoms with Gasteiger partial charge in [0.2, 0.25) is 0 Å². The Hall–Kier alpha value is -3.84. The predicted molar refractivity (Wildman–Crippen MR) is 165 cm³/mol. The zero-order chi connectivity index (χ0) is 29.7. The van der Waals surface area contributed by atoms with E-state index >= 15 is 0 Å². The number of hydrogen-bond acceptors (Lipinski definition) is 5. The Balaban J connectivity index is 1.31. The van der Waals surface area contributed by atoms with E-state index in [1.807, 2.05) is 86.3 Å². The van der Waals surface area contributed by atoms with Crippen molar-refractivity contribution in [2.24, 2.45) is 5.92 Å². The van der Waals surface area contributed by atoms with Gasteiger partial charge in [-0.15, -0.1) is 0 Å². The van der Waals surface area contributed by atoms with Crippen molar-refractivity contribution < 1.29 is 19.1 Å². The quantitative estimate of drug-likeness (QED) is 0.186. The molecular weight excluding hydrogens is 550 g/mol. The highest BCUT2D eigenvalue weighted by Gasteiger charge is 2.27. The molecule has 4 aromatic rings. The van der Waals surface area contributed by atoms with Gasteiger partial charge in [-0.3, -0.25) is 4.79 Å². The lowest BCUT2D eigenvalue weighted by molar-refractivity contribution is 0.0160. The van der Waals surface area contributed by atoms with Gasteiger partial charge >= 0.3 is 6.09 Å². The Kier molecular flexibility index (Phi) is 9.17. The Morgan fingerprint density at radius 3 is 2.50 bits per heavy atom. The smallest absolute Gasteiger partial charge is 0.410 e. The molecule has 1 aliphatic heterocycles. The van der Waals surface area contributed by atoms with Crippen molar-refractivity contribution >= 4 is 34.5 Å². The highest BCUT2D eigenvalue weighted by Crippen LogP contribution is 2.26. The fraction of sp³-hybridized carbons (Fsp3) is 0.382. The van der Waals surface area contributed by atoms with Gasteiger partial charge in [0, 0.05) is 35.8 Å². The Morgan fingerprint density at radius 1 is 1.00 bits per heavy atom. The van der Waals surface area contributed by atoms with Gasteiger partial charge in [0.15, 0.2) is 5.78 Å². The molecule has 1 atom stereocenters. The van der Waals surface area contributed by atoms with Crippen LogP contribution < -0.4 is 4.74 Å². The van der Waals surface area contributed by atoms with E-state index in [1.54, 1.807) is 12.1 Å². The monoisotopic (exact) mass is 587 g/mol. The van der Waals surface area contributed by atoms with Crippen LogP contribution in [0, 0.1) is 5.92 Å². The first-order valence-electron chi connectivity index (χ1n) is 14.6. The van der Waals surface area contributed by atoms with Crippen LogP contribution in [0.1, 0.15) is 68.2 Å². The molecule has 1 unspecified atom stereocenters. The molecule has 1 saturated heterocycles.